The van der Waals surface area contributed by atoms with Crippen LogP contribution < -0.4 is 5.32 Å². The van der Waals surface area contributed by atoms with Crippen molar-refractivity contribution in [3.8, 4) is 0 Å². The number of halogens is 1. The minimum Gasteiger partial charge on any atom is -0.457 e. The number of amides is 1. The van der Waals surface area contributed by atoms with Crippen molar-refractivity contribution in [3.63, 3.8) is 0 Å². The van der Waals surface area contributed by atoms with E-state index in [1.807, 2.05) is 0 Å². The molecule has 0 aliphatic rings. The summed E-state index contributed by atoms with van der Waals surface area (Å²) in [6.07, 6.45) is 0.0796. The summed E-state index contributed by atoms with van der Waals surface area (Å²) in [7, 11) is 0. The van der Waals surface area contributed by atoms with Crippen LogP contribution in [0.2, 0.25) is 0 Å². The molecule has 0 unspecified atom stereocenters. The zero-order chi connectivity index (χ0) is 20.5. The summed E-state index contributed by atoms with van der Waals surface area (Å²) in [5, 5.41) is 2.66. The van der Waals surface area contributed by atoms with Crippen molar-refractivity contribution in [1.82, 2.24) is 0 Å². The number of esters is 1. The fourth-order valence-corrected chi connectivity index (χ4v) is 2.29. The number of rotatable bonds is 9. The lowest BCUT2D eigenvalue weighted by molar-refractivity contribution is -0.142. The second-order valence-corrected chi connectivity index (χ2v) is 5.99. The van der Waals surface area contributed by atoms with Crippen LogP contribution in [0.15, 0.2) is 48.5 Å². The summed E-state index contributed by atoms with van der Waals surface area (Å²) in [5.74, 6) is -1.96. The molecule has 0 aliphatic carbocycles. The van der Waals surface area contributed by atoms with Crippen molar-refractivity contribution in [2.45, 2.75) is 26.2 Å². The number of anilines is 1. The number of carbonyl (C=O) groups is 4. The van der Waals surface area contributed by atoms with E-state index < -0.39 is 24.2 Å². The molecule has 0 saturated heterocycles. The molecule has 0 bridgehead atoms. The molecule has 0 spiro atoms. The van der Waals surface area contributed by atoms with E-state index in [0.29, 0.717) is 23.2 Å². The van der Waals surface area contributed by atoms with Crippen LogP contribution in [0.1, 0.15) is 46.9 Å². The van der Waals surface area contributed by atoms with E-state index >= 15 is 0 Å². The van der Waals surface area contributed by atoms with Crippen molar-refractivity contribution in [2.24, 2.45) is 0 Å². The number of Topliss-reactive ketones (excluding diaryl/α,β-unsaturated/α-hetero) is 2. The molecule has 0 fully saturated rings. The van der Waals surface area contributed by atoms with Gasteiger partial charge in [0.15, 0.2) is 18.2 Å². The van der Waals surface area contributed by atoms with Crippen LogP contribution in [0.5, 0.6) is 0 Å². The fraction of sp³-hybridized carbons (Fsp3) is 0.238. The first-order valence-electron chi connectivity index (χ1n) is 8.76. The summed E-state index contributed by atoms with van der Waals surface area (Å²) >= 11 is 0. The van der Waals surface area contributed by atoms with Gasteiger partial charge in [-0.2, -0.15) is 0 Å². The van der Waals surface area contributed by atoms with Gasteiger partial charge in [0, 0.05) is 29.7 Å². The van der Waals surface area contributed by atoms with Gasteiger partial charge < -0.3 is 10.1 Å². The van der Waals surface area contributed by atoms with Gasteiger partial charge in [0.25, 0.3) is 0 Å². The zero-order valence-corrected chi connectivity index (χ0v) is 15.4. The molecule has 0 aromatic heterocycles. The molecule has 28 heavy (non-hydrogen) atoms. The molecule has 0 radical (unpaired) electrons. The quantitative estimate of drug-likeness (QED) is 0.527. The molecule has 0 heterocycles. The van der Waals surface area contributed by atoms with Crippen molar-refractivity contribution < 1.29 is 28.3 Å². The minimum atomic E-state index is -0.671. The van der Waals surface area contributed by atoms with E-state index in [1.165, 1.54) is 36.4 Å². The Hall–Kier alpha value is -3.35. The molecule has 0 aliphatic heterocycles. The van der Waals surface area contributed by atoms with E-state index in [9.17, 15) is 23.6 Å². The molecular weight excluding hydrogens is 365 g/mol. The van der Waals surface area contributed by atoms with Crippen LogP contribution in [-0.2, 0) is 14.3 Å². The van der Waals surface area contributed by atoms with Crippen LogP contribution in [0.25, 0.3) is 0 Å². The number of benzene rings is 2. The fourth-order valence-electron chi connectivity index (χ4n) is 2.29. The monoisotopic (exact) mass is 385 g/mol. The Morgan fingerprint density at radius 3 is 2.04 bits per heavy atom. The standard InChI is InChI=1S/C21H20FNO5/c1-2-20(26)23-17-9-5-15(6-10-17)19(25)13-28-21(27)12-11-18(24)14-3-7-16(22)8-4-14/h3-10H,2,11-13H2,1H3,(H,23,26). The smallest absolute Gasteiger partial charge is 0.306 e. The topological polar surface area (TPSA) is 89.5 Å². The molecule has 0 atom stereocenters. The highest BCUT2D eigenvalue weighted by atomic mass is 19.1. The van der Waals surface area contributed by atoms with Crippen LogP contribution in [0, 0.1) is 5.82 Å². The van der Waals surface area contributed by atoms with Crippen LogP contribution >= 0.6 is 0 Å². The maximum absolute atomic E-state index is 12.8. The summed E-state index contributed by atoms with van der Waals surface area (Å²) in [5.41, 5.74) is 1.21. The molecule has 6 nitrogen and oxygen atoms in total. The van der Waals surface area contributed by atoms with E-state index in [1.54, 1.807) is 19.1 Å². The summed E-state index contributed by atoms with van der Waals surface area (Å²) in [6.45, 7) is 1.29. The first kappa shape index (κ1) is 21.0. The molecule has 7 heteroatoms. The van der Waals surface area contributed by atoms with Crippen LogP contribution in [0.4, 0.5) is 10.1 Å². The van der Waals surface area contributed by atoms with Gasteiger partial charge in [0.05, 0.1) is 6.42 Å². The number of nitrogens with one attached hydrogen (secondary N) is 1. The Morgan fingerprint density at radius 1 is 0.857 bits per heavy atom. The molecule has 2 aromatic carbocycles. The Morgan fingerprint density at radius 2 is 1.43 bits per heavy atom. The molecule has 2 aromatic rings. The molecule has 1 amide bonds. The number of ketones is 2. The first-order valence-corrected chi connectivity index (χ1v) is 8.76. The lowest BCUT2D eigenvalue weighted by Crippen LogP contribution is -2.15. The number of ether oxygens (including phenoxy) is 1. The van der Waals surface area contributed by atoms with Crippen LogP contribution in [0.3, 0.4) is 0 Å². The van der Waals surface area contributed by atoms with Crippen molar-refractivity contribution in [3.05, 3.63) is 65.5 Å². The number of hydrogen-bond donors (Lipinski definition) is 1. The second-order valence-electron chi connectivity index (χ2n) is 5.99. The third kappa shape index (κ3) is 6.42. The highest BCUT2D eigenvalue weighted by Gasteiger charge is 2.13. The molecule has 1 N–H and O–H groups in total. The van der Waals surface area contributed by atoms with E-state index in [0.717, 1.165) is 0 Å². The minimum absolute atomic E-state index is 0.0928. The Bertz CT molecular complexity index is 859. The van der Waals surface area contributed by atoms with Crippen molar-refractivity contribution in [1.29, 1.82) is 0 Å². The van der Waals surface area contributed by atoms with Gasteiger partial charge in [-0.25, -0.2) is 4.39 Å². The van der Waals surface area contributed by atoms with Crippen molar-refractivity contribution >= 4 is 29.1 Å². The van der Waals surface area contributed by atoms with E-state index in [4.69, 9.17) is 4.74 Å². The Labute approximate surface area is 161 Å². The summed E-state index contributed by atoms with van der Waals surface area (Å²) < 4.78 is 17.7. The van der Waals surface area contributed by atoms with Gasteiger partial charge in [-0.05, 0) is 48.5 Å². The molecular formula is C21H20FNO5. The maximum atomic E-state index is 12.8. The summed E-state index contributed by atoms with van der Waals surface area (Å²) in [4.78, 5) is 47.0. The zero-order valence-electron chi connectivity index (χ0n) is 15.4. The largest absolute Gasteiger partial charge is 0.457 e. The third-order valence-electron chi connectivity index (χ3n) is 3.90. The van der Waals surface area contributed by atoms with Gasteiger partial charge in [-0.15, -0.1) is 0 Å². The lowest BCUT2D eigenvalue weighted by atomic mass is 10.1. The molecule has 146 valence electrons. The predicted octanol–water partition coefficient (Wildman–Crippen LogP) is 3.56. The first-order chi connectivity index (χ1) is 13.4. The van der Waals surface area contributed by atoms with Gasteiger partial charge in [-0.1, -0.05) is 6.92 Å². The Balaban J connectivity index is 1.77. The number of hydrogen-bond acceptors (Lipinski definition) is 5. The average Bonchev–Trinajstić information content (AvgIpc) is 2.71. The van der Waals surface area contributed by atoms with Gasteiger partial charge in [0.2, 0.25) is 5.91 Å². The highest BCUT2D eigenvalue weighted by Crippen LogP contribution is 2.11. The van der Waals surface area contributed by atoms with Crippen molar-refractivity contribution in [2.75, 3.05) is 11.9 Å². The average molecular weight is 385 g/mol. The van der Waals surface area contributed by atoms with Crippen LogP contribution in [-0.4, -0.2) is 30.0 Å². The maximum Gasteiger partial charge on any atom is 0.306 e. The molecule has 0 saturated carbocycles. The highest BCUT2D eigenvalue weighted by molar-refractivity contribution is 5.99. The predicted molar refractivity (Wildman–Crippen MR) is 101 cm³/mol. The second kappa shape index (κ2) is 10.1. The SMILES string of the molecule is CCC(=O)Nc1ccc(C(=O)COC(=O)CCC(=O)c2ccc(F)cc2)cc1. The number of carbonyl (C=O) groups excluding carboxylic acids is 4. The van der Waals surface area contributed by atoms with Gasteiger partial charge in [0.1, 0.15) is 5.82 Å². The van der Waals surface area contributed by atoms with Gasteiger partial charge in [-0.3, -0.25) is 19.2 Å². The lowest BCUT2D eigenvalue weighted by Gasteiger charge is -2.06. The normalized spacial score (nSPS) is 10.2. The summed E-state index contributed by atoms with van der Waals surface area (Å²) in [6, 6.07) is 11.3. The van der Waals surface area contributed by atoms with E-state index in [2.05, 4.69) is 5.32 Å². The Kier molecular flexibility index (Phi) is 7.56. The molecule has 2 rings (SSSR count). The van der Waals surface area contributed by atoms with E-state index in [-0.39, 0.29) is 24.5 Å². The van der Waals surface area contributed by atoms with Gasteiger partial charge >= 0.3 is 5.97 Å². The third-order valence-corrected chi connectivity index (χ3v) is 3.90.